The van der Waals surface area contributed by atoms with Crippen molar-refractivity contribution in [2.45, 2.75) is 25.1 Å². The Kier molecular flexibility index (Phi) is 3.96. The minimum Gasteiger partial charge on any atom is -0.352 e. The number of nitrogens with zero attached hydrogens (tertiary/aromatic N) is 3. The van der Waals surface area contributed by atoms with Gasteiger partial charge in [0.1, 0.15) is 0 Å². The molecule has 0 radical (unpaired) electrons. The second-order valence-corrected chi connectivity index (χ2v) is 4.54. The number of halogens is 3. The third-order valence-corrected chi connectivity index (χ3v) is 3.09. The van der Waals surface area contributed by atoms with E-state index in [2.05, 4.69) is 15.3 Å². The highest BCUT2D eigenvalue weighted by atomic mass is 19.4. The number of amides is 2. The van der Waals surface area contributed by atoms with Crippen molar-refractivity contribution in [3.8, 4) is 0 Å². The average molecular weight is 289 g/mol. The summed E-state index contributed by atoms with van der Waals surface area (Å²) >= 11 is 0. The van der Waals surface area contributed by atoms with E-state index in [0.717, 1.165) is 12.4 Å². The minimum absolute atomic E-state index is 0.0156. The van der Waals surface area contributed by atoms with E-state index in [1.54, 1.807) is 4.90 Å². The molecule has 0 unspecified atom stereocenters. The van der Waals surface area contributed by atoms with Crippen LogP contribution in [0.5, 0.6) is 0 Å². The molecule has 1 aromatic rings. The number of rotatable bonds is 2. The number of hydrogen-bond acceptors (Lipinski definition) is 4. The van der Waals surface area contributed by atoms with E-state index in [-0.39, 0.29) is 12.0 Å². The van der Waals surface area contributed by atoms with E-state index in [1.165, 1.54) is 0 Å². The molecule has 1 saturated heterocycles. The molecule has 20 heavy (non-hydrogen) atoms. The van der Waals surface area contributed by atoms with Crippen molar-refractivity contribution in [1.29, 1.82) is 0 Å². The molecule has 2 rings (SSSR count). The molecule has 110 valence electrons. The van der Waals surface area contributed by atoms with Crippen molar-refractivity contribution in [1.82, 2.24) is 15.3 Å². The SMILES string of the molecule is NC(=O)NC1CCN(c2ncc(C(F)(F)F)cn2)CC1. The number of alkyl halides is 3. The van der Waals surface area contributed by atoms with Gasteiger partial charge in [0.15, 0.2) is 0 Å². The fourth-order valence-electron chi connectivity index (χ4n) is 2.06. The summed E-state index contributed by atoms with van der Waals surface area (Å²) in [5.41, 5.74) is 4.16. The summed E-state index contributed by atoms with van der Waals surface area (Å²) < 4.78 is 37.2. The number of aromatic nitrogens is 2. The predicted molar refractivity (Wildman–Crippen MR) is 65.0 cm³/mol. The summed E-state index contributed by atoms with van der Waals surface area (Å²) in [6.07, 6.45) is -1.59. The van der Waals surface area contributed by atoms with Gasteiger partial charge in [-0.3, -0.25) is 0 Å². The minimum atomic E-state index is -4.43. The maximum atomic E-state index is 12.4. The van der Waals surface area contributed by atoms with Crippen LogP contribution in [0.15, 0.2) is 12.4 Å². The van der Waals surface area contributed by atoms with E-state index in [1.807, 2.05) is 0 Å². The number of anilines is 1. The van der Waals surface area contributed by atoms with Gasteiger partial charge in [-0.15, -0.1) is 0 Å². The molecule has 0 saturated carbocycles. The number of urea groups is 1. The van der Waals surface area contributed by atoms with Gasteiger partial charge < -0.3 is 16.0 Å². The third kappa shape index (κ3) is 3.49. The topological polar surface area (TPSA) is 84.1 Å². The maximum absolute atomic E-state index is 12.4. The largest absolute Gasteiger partial charge is 0.419 e. The predicted octanol–water partition coefficient (Wildman–Crippen LogP) is 1.13. The molecule has 0 aliphatic carbocycles. The average Bonchev–Trinajstić information content (AvgIpc) is 2.38. The Morgan fingerprint density at radius 3 is 2.30 bits per heavy atom. The maximum Gasteiger partial charge on any atom is 0.419 e. The molecule has 2 amide bonds. The summed E-state index contributed by atoms with van der Waals surface area (Å²) in [6, 6.07) is -0.590. The third-order valence-electron chi connectivity index (χ3n) is 3.09. The number of piperidine rings is 1. The van der Waals surface area contributed by atoms with Gasteiger partial charge in [-0.05, 0) is 12.8 Å². The van der Waals surface area contributed by atoms with Gasteiger partial charge in [-0.25, -0.2) is 14.8 Å². The normalized spacial score (nSPS) is 17.1. The molecular formula is C11H14F3N5O. The highest BCUT2D eigenvalue weighted by Crippen LogP contribution is 2.28. The summed E-state index contributed by atoms with van der Waals surface area (Å²) in [5, 5.41) is 2.61. The zero-order valence-corrected chi connectivity index (χ0v) is 10.5. The van der Waals surface area contributed by atoms with Crippen molar-refractivity contribution in [2.75, 3.05) is 18.0 Å². The van der Waals surface area contributed by atoms with Crippen LogP contribution in [-0.4, -0.2) is 35.1 Å². The Morgan fingerprint density at radius 1 is 1.30 bits per heavy atom. The van der Waals surface area contributed by atoms with Crippen LogP contribution in [0.2, 0.25) is 0 Å². The molecule has 2 heterocycles. The molecule has 1 aliphatic heterocycles. The van der Waals surface area contributed by atoms with E-state index in [4.69, 9.17) is 5.73 Å². The monoisotopic (exact) mass is 289 g/mol. The summed E-state index contributed by atoms with van der Waals surface area (Å²) in [7, 11) is 0. The van der Waals surface area contributed by atoms with Gasteiger partial charge in [-0.1, -0.05) is 0 Å². The molecule has 3 N–H and O–H groups in total. The van der Waals surface area contributed by atoms with Gasteiger partial charge in [0.25, 0.3) is 0 Å². The van der Waals surface area contributed by atoms with Gasteiger partial charge in [0.05, 0.1) is 5.56 Å². The molecule has 0 spiro atoms. The number of hydrogen-bond donors (Lipinski definition) is 2. The fraction of sp³-hybridized carbons (Fsp3) is 0.545. The lowest BCUT2D eigenvalue weighted by molar-refractivity contribution is -0.138. The van der Waals surface area contributed by atoms with Crippen LogP contribution in [0.25, 0.3) is 0 Å². The van der Waals surface area contributed by atoms with Crippen LogP contribution in [0.3, 0.4) is 0 Å². The van der Waals surface area contributed by atoms with Crippen LogP contribution in [-0.2, 0) is 6.18 Å². The summed E-state index contributed by atoms with van der Waals surface area (Å²) in [4.78, 5) is 20.0. The molecule has 1 aromatic heterocycles. The lowest BCUT2D eigenvalue weighted by Crippen LogP contribution is -2.46. The molecule has 0 bridgehead atoms. The zero-order valence-electron chi connectivity index (χ0n) is 10.5. The van der Waals surface area contributed by atoms with Crippen molar-refractivity contribution >= 4 is 12.0 Å². The lowest BCUT2D eigenvalue weighted by atomic mass is 10.1. The lowest BCUT2D eigenvalue weighted by Gasteiger charge is -2.32. The quantitative estimate of drug-likeness (QED) is 0.855. The highest BCUT2D eigenvalue weighted by molar-refractivity contribution is 5.72. The molecule has 0 aromatic carbocycles. The Hall–Kier alpha value is -2.06. The number of carbonyl (C=O) groups excluding carboxylic acids is 1. The standard InChI is InChI=1S/C11H14F3N5O/c12-11(13,14)7-5-16-10(17-6-7)19-3-1-8(2-4-19)18-9(15)20/h5-6,8H,1-4H2,(H3,15,18,20). The van der Waals surface area contributed by atoms with Crippen molar-refractivity contribution < 1.29 is 18.0 Å². The van der Waals surface area contributed by atoms with E-state index >= 15 is 0 Å². The van der Waals surface area contributed by atoms with Crippen LogP contribution < -0.4 is 16.0 Å². The molecule has 1 aliphatic rings. The number of primary amides is 1. The molecular weight excluding hydrogens is 275 g/mol. The van der Waals surface area contributed by atoms with E-state index in [9.17, 15) is 18.0 Å². The van der Waals surface area contributed by atoms with Crippen LogP contribution >= 0.6 is 0 Å². The first kappa shape index (κ1) is 14.4. The van der Waals surface area contributed by atoms with Crippen molar-refractivity contribution in [3.05, 3.63) is 18.0 Å². The molecule has 6 nitrogen and oxygen atoms in total. The van der Waals surface area contributed by atoms with Crippen LogP contribution in [0.1, 0.15) is 18.4 Å². The first-order valence-corrected chi connectivity index (χ1v) is 6.06. The van der Waals surface area contributed by atoms with Gasteiger partial charge in [-0.2, -0.15) is 13.2 Å². The molecule has 0 atom stereocenters. The number of carbonyl (C=O) groups is 1. The second kappa shape index (κ2) is 5.51. The van der Waals surface area contributed by atoms with Crippen LogP contribution in [0.4, 0.5) is 23.9 Å². The first-order valence-electron chi connectivity index (χ1n) is 6.06. The van der Waals surface area contributed by atoms with Crippen molar-refractivity contribution in [2.24, 2.45) is 5.73 Å². The van der Waals surface area contributed by atoms with Gasteiger partial charge in [0.2, 0.25) is 5.95 Å². The Labute approximate surface area is 113 Å². The van der Waals surface area contributed by atoms with E-state index in [0.29, 0.717) is 25.9 Å². The van der Waals surface area contributed by atoms with Crippen LogP contribution in [0, 0.1) is 0 Å². The molecule has 1 fully saturated rings. The Balaban J connectivity index is 1.95. The Bertz CT molecular complexity index is 468. The number of nitrogens with one attached hydrogen (secondary N) is 1. The second-order valence-electron chi connectivity index (χ2n) is 4.54. The smallest absolute Gasteiger partial charge is 0.352 e. The number of nitrogens with two attached hydrogens (primary N) is 1. The highest BCUT2D eigenvalue weighted by Gasteiger charge is 2.31. The van der Waals surface area contributed by atoms with Gasteiger partial charge >= 0.3 is 12.2 Å². The van der Waals surface area contributed by atoms with E-state index < -0.39 is 17.8 Å². The zero-order chi connectivity index (χ0) is 14.8. The van der Waals surface area contributed by atoms with Crippen molar-refractivity contribution in [3.63, 3.8) is 0 Å². The fourth-order valence-corrected chi connectivity index (χ4v) is 2.06. The van der Waals surface area contributed by atoms with Gasteiger partial charge in [0, 0.05) is 31.5 Å². The summed E-state index contributed by atoms with van der Waals surface area (Å²) in [6.45, 7) is 1.10. The summed E-state index contributed by atoms with van der Waals surface area (Å²) in [5.74, 6) is 0.260. The first-order chi connectivity index (χ1) is 9.36. The molecule has 9 heteroatoms. The Morgan fingerprint density at radius 2 is 1.85 bits per heavy atom.